The Morgan fingerprint density at radius 1 is 1.18 bits per heavy atom. The van der Waals surface area contributed by atoms with E-state index in [-0.39, 0.29) is 0 Å². The molecule has 2 aliphatic heterocycles. The van der Waals surface area contributed by atoms with E-state index in [1.54, 1.807) is 25.3 Å². The number of methoxy groups -OCH3 is 1. The number of fused-ring (bicyclic) bond motifs is 2. The number of aromatic nitrogens is 1. The maximum Gasteiger partial charge on any atom is 0.194 e. The molecule has 7 heteroatoms. The van der Waals surface area contributed by atoms with Crippen LogP contribution in [0.2, 0.25) is 0 Å². The summed E-state index contributed by atoms with van der Waals surface area (Å²) in [7, 11) is 3.42. The number of likely N-dealkylation sites (N-methyl/N-ethyl adjacent to an activating group) is 1. The Hall–Kier alpha value is -3.58. The predicted octanol–water partition coefficient (Wildman–Crippen LogP) is 3.31. The average Bonchev–Trinajstić information content (AvgIpc) is 3.03. The molecule has 33 heavy (non-hydrogen) atoms. The van der Waals surface area contributed by atoms with Crippen molar-refractivity contribution in [2.24, 2.45) is 10.7 Å². The molecule has 0 saturated carbocycles. The second kappa shape index (κ2) is 7.78. The van der Waals surface area contributed by atoms with Crippen molar-refractivity contribution in [2.45, 2.75) is 37.1 Å². The highest BCUT2D eigenvalue weighted by atomic mass is 16.5. The summed E-state index contributed by atoms with van der Waals surface area (Å²) in [6.07, 6.45) is 3.79. The van der Waals surface area contributed by atoms with Crippen molar-refractivity contribution in [1.29, 1.82) is 0 Å². The van der Waals surface area contributed by atoms with Gasteiger partial charge in [0.1, 0.15) is 22.6 Å². The van der Waals surface area contributed by atoms with Gasteiger partial charge >= 0.3 is 0 Å². The molecule has 0 radical (unpaired) electrons. The van der Waals surface area contributed by atoms with Gasteiger partial charge in [0, 0.05) is 43.4 Å². The molecule has 1 aromatic heterocycles. The Morgan fingerprint density at radius 3 is 2.61 bits per heavy atom. The number of rotatable bonds is 4. The fourth-order valence-corrected chi connectivity index (χ4v) is 5.03. The molecule has 3 aromatic rings. The number of aliphatic hydroxyl groups excluding tert-OH is 1. The molecule has 2 aliphatic rings. The third-order valence-electron chi connectivity index (χ3n) is 6.65. The molecule has 3 heterocycles. The summed E-state index contributed by atoms with van der Waals surface area (Å²) in [4.78, 5) is 10.7. The highest BCUT2D eigenvalue weighted by Crippen LogP contribution is 2.52. The number of pyridine rings is 1. The predicted molar refractivity (Wildman–Crippen MR) is 127 cm³/mol. The van der Waals surface area contributed by atoms with Gasteiger partial charge in [-0.3, -0.25) is 4.98 Å². The normalized spacial score (nSPS) is 26.0. The molecule has 0 aliphatic carbocycles. The van der Waals surface area contributed by atoms with E-state index in [0.717, 1.165) is 28.0 Å². The average molecular weight is 445 g/mol. The number of hydrogen-bond acceptors (Lipinski definition) is 7. The standard InChI is InChI=1S/C26H28N4O3/c1-25(14-17-6-9-20(32-3)10-7-17)16-26(23(31)30(2)24(27)29-26)21-13-18(8-11-22(21)33-25)19-5-4-12-28-15-19/h4-13,15,23,31H,14,16H2,1-3H3,(H2,27,29). The van der Waals surface area contributed by atoms with Crippen molar-refractivity contribution in [3.63, 3.8) is 0 Å². The number of hydrogen-bond donors (Lipinski definition) is 2. The highest BCUT2D eigenvalue weighted by Gasteiger charge is 2.56. The van der Waals surface area contributed by atoms with Gasteiger partial charge in [0.2, 0.25) is 0 Å². The first-order valence-electron chi connectivity index (χ1n) is 11.0. The first-order valence-corrected chi connectivity index (χ1v) is 11.0. The molecule has 1 spiro atoms. The van der Waals surface area contributed by atoms with Crippen LogP contribution in [0.15, 0.2) is 72.0 Å². The largest absolute Gasteiger partial charge is 0.497 e. The van der Waals surface area contributed by atoms with E-state index < -0.39 is 17.4 Å². The minimum atomic E-state index is -0.939. The Morgan fingerprint density at radius 2 is 1.97 bits per heavy atom. The van der Waals surface area contributed by atoms with Crippen molar-refractivity contribution in [2.75, 3.05) is 14.2 Å². The summed E-state index contributed by atoms with van der Waals surface area (Å²) < 4.78 is 11.9. The second-order valence-electron chi connectivity index (χ2n) is 9.09. The lowest BCUT2D eigenvalue weighted by Crippen LogP contribution is -2.53. The zero-order valence-electron chi connectivity index (χ0n) is 19.0. The number of ether oxygens (including phenoxy) is 2. The van der Waals surface area contributed by atoms with Crippen LogP contribution in [0, 0.1) is 0 Å². The number of aliphatic imine (C=N–C) groups is 1. The molecule has 3 N–H and O–H groups in total. The molecule has 2 aromatic carbocycles. The summed E-state index contributed by atoms with van der Waals surface area (Å²) in [5.41, 5.74) is 8.58. The van der Waals surface area contributed by atoms with Crippen molar-refractivity contribution >= 4 is 5.96 Å². The van der Waals surface area contributed by atoms with E-state index >= 15 is 0 Å². The Kier molecular flexibility index (Phi) is 5.01. The maximum atomic E-state index is 11.4. The topological polar surface area (TPSA) is 93.2 Å². The zero-order chi connectivity index (χ0) is 23.2. The van der Waals surface area contributed by atoms with E-state index in [2.05, 4.69) is 11.9 Å². The van der Waals surface area contributed by atoms with Crippen LogP contribution in [-0.4, -0.2) is 46.9 Å². The quantitative estimate of drug-likeness (QED) is 0.641. The smallest absolute Gasteiger partial charge is 0.194 e. The van der Waals surface area contributed by atoms with Gasteiger partial charge in [0.25, 0.3) is 0 Å². The third kappa shape index (κ3) is 3.58. The molecule has 170 valence electrons. The molecule has 0 fully saturated rings. The SMILES string of the molecule is COc1ccc(CC2(C)CC3(N=C(N)N(C)C3O)c3cc(-c4cccnc4)ccc3O2)cc1. The van der Waals surface area contributed by atoms with Crippen LogP contribution in [0.25, 0.3) is 11.1 Å². The summed E-state index contributed by atoms with van der Waals surface area (Å²) in [5.74, 6) is 1.83. The van der Waals surface area contributed by atoms with Crippen molar-refractivity contribution in [3.8, 4) is 22.6 Å². The van der Waals surface area contributed by atoms with Gasteiger partial charge < -0.3 is 25.2 Å². The second-order valence-corrected chi connectivity index (χ2v) is 9.09. The van der Waals surface area contributed by atoms with Crippen molar-refractivity contribution < 1.29 is 14.6 Å². The molecule has 5 rings (SSSR count). The molecule has 0 amide bonds. The molecule has 3 atom stereocenters. The maximum absolute atomic E-state index is 11.4. The van der Waals surface area contributed by atoms with Crippen LogP contribution in [0.1, 0.15) is 24.5 Å². The first-order chi connectivity index (χ1) is 15.8. The van der Waals surface area contributed by atoms with E-state index in [1.807, 2.05) is 60.8 Å². The number of aliphatic hydroxyl groups is 1. The minimum absolute atomic E-state index is 0.314. The molecular formula is C26H28N4O3. The van der Waals surface area contributed by atoms with Crippen LogP contribution in [-0.2, 0) is 12.0 Å². The summed E-state index contributed by atoms with van der Waals surface area (Å²) in [6.45, 7) is 2.06. The molecular weight excluding hydrogens is 416 g/mol. The van der Waals surface area contributed by atoms with Gasteiger partial charge in [-0.25, -0.2) is 4.99 Å². The van der Waals surface area contributed by atoms with Gasteiger partial charge in [-0.15, -0.1) is 0 Å². The zero-order valence-corrected chi connectivity index (χ0v) is 19.0. The van der Waals surface area contributed by atoms with Crippen LogP contribution in [0.3, 0.4) is 0 Å². The number of nitrogens with two attached hydrogens (primary N) is 1. The van der Waals surface area contributed by atoms with E-state index in [1.165, 1.54) is 0 Å². The van der Waals surface area contributed by atoms with Crippen LogP contribution < -0.4 is 15.2 Å². The van der Waals surface area contributed by atoms with Gasteiger partial charge in [-0.2, -0.15) is 0 Å². The van der Waals surface area contributed by atoms with Crippen LogP contribution in [0.4, 0.5) is 0 Å². The fourth-order valence-electron chi connectivity index (χ4n) is 5.03. The van der Waals surface area contributed by atoms with Crippen LogP contribution in [0.5, 0.6) is 11.5 Å². The van der Waals surface area contributed by atoms with Gasteiger partial charge in [-0.05, 0) is 48.4 Å². The van der Waals surface area contributed by atoms with Crippen molar-refractivity contribution in [1.82, 2.24) is 9.88 Å². The molecule has 7 nitrogen and oxygen atoms in total. The van der Waals surface area contributed by atoms with Crippen LogP contribution >= 0.6 is 0 Å². The lowest BCUT2D eigenvalue weighted by atomic mass is 9.74. The summed E-state index contributed by atoms with van der Waals surface area (Å²) in [5, 5.41) is 11.4. The van der Waals surface area contributed by atoms with E-state index in [0.29, 0.717) is 24.6 Å². The first kappa shape index (κ1) is 21.3. The number of guanidine groups is 1. The fraction of sp³-hybridized carbons (Fsp3) is 0.308. The lowest BCUT2D eigenvalue weighted by Gasteiger charge is -2.46. The third-order valence-corrected chi connectivity index (χ3v) is 6.65. The monoisotopic (exact) mass is 444 g/mol. The lowest BCUT2D eigenvalue weighted by molar-refractivity contribution is -0.0479. The number of nitrogens with zero attached hydrogens (tertiary/aromatic N) is 3. The summed E-state index contributed by atoms with van der Waals surface area (Å²) >= 11 is 0. The molecule has 0 bridgehead atoms. The molecule has 0 saturated heterocycles. The van der Waals surface area contributed by atoms with Gasteiger partial charge in [0.05, 0.1) is 7.11 Å². The number of benzene rings is 2. The Labute approximate surface area is 193 Å². The van der Waals surface area contributed by atoms with Crippen molar-refractivity contribution in [3.05, 3.63) is 78.1 Å². The van der Waals surface area contributed by atoms with Gasteiger partial charge in [0.15, 0.2) is 12.2 Å². The van der Waals surface area contributed by atoms with E-state index in [4.69, 9.17) is 20.2 Å². The highest BCUT2D eigenvalue weighted by molar-refractivity contribution is 5.82. The molecule has 3 unspecified atom stereocenters. The van der Waals surface area contributed by atoms with Gasteiger partial charge in [-0.1, -0.05) is 24.3 Å². The Balaban J connectivity index is 1.59. The Bertz CT molecular complexity index is 1200. The summed E-state index contributed by atoms with van der Waals surface area (Å²) in [6, 6.07) is 17.9. The van der Waals surface area contributed by atoms with E-state index in [9.17, 15) is 5.11 Å². The minimum Gasteiger partial charge on any atom is -0.497 e.